The second kappa shape index (κ2) is 9.41. The second-order valence-electron chi connectivity index (χ2n) is 11.1. The number of alkyl carbamates (subject to hydrolysis) is 1. The summed E-state index contributed by atoms with van der Waals surface area (Å²) in [4.78, 5) is 24.8. The number of aliphatic hydroxyl groups excluding tert-OH is 1. The van der Waals surface area contributed by atoms with Crippen LogP contribution < -0.4 is 20.1 Å². The number of amides is 2. The molecule has 3 N–H and O–H groups in total. The first-order valence-corrected chi connectivity index (χ1v) is 12.7. The fraction of sp³-hybridized carbons (Fsp3) is 0.429. The summed E-state index contributed by atoms with van der Waals surface area (Å²) in [5.41, 5.74) is 1.96. The number of aliphatic hydroxyl groups is 1. The fourth-order valence-corrected chi connectivity index (χ4v) is 4.98. The lowest BCUT2D eigenvalue weighted by molar-refractivity contribution is -0.286. The van der Waals surface area contributed by atoms with Gasteiger partial charge in [-0.2, -0.15) is 0 Å². The number of rotatable bonds is 7. The maximum Gasteiger partial charge on any atom is 0.586 e. The Hall–Kier alpha value is -3.86. The minimum Gasteiger partial charge on any atom is -0.453 e. The smallest absolute Gasteiger partial charge is 0.453 e. The zero-order chi connectivity index (χ0) is 28.2. The third-order valence-corrected chi connectivity index (χ3v) is 7.13. The van der Waals surface area contributed by atoms with E-state index in [1.165, 1.54) is 19.2 Å². The number of carbonyl (C=O) groups excluding carboxylic acids is 2. The van der Waals surface area contributed by atoms with Gasteiger partial charge in [0.25, 0.3) is 0 Å². The van der Waals surface area contributed by atoms with Gasteiger partial charge in [-0.15, -0.1) is 8.78 Å². The van der Waals surface area contributed by atoms with Crippen LogP contribution >= 0.6 is 0 Å². The van der Waals surface area contributed by atoms with Crippen molar-refractivity contribution in [3.8, 4) is 11.5 Å². The molecule has 11 heteroatoms. The molecule has 1 atom stereocenters. The van der Waals surface area contributed by atoms with Crippen LogP contribution in [0.2, 0.25) is 0 Å². The van der Waals surface area contributed by atoms with Crippen LogP contribution in [0.3, 0.4) is 0 Å². The van der Waals surface area contributed by atoms with E-state index in [2.05, 4.69) is 45.6 Å². The molecule has 9 nitrogen and oxygen atoms in total. The zero-order valence-electron chi connectivity index (χ0n) is 22.1. The average Bonchev–Trinajstić information content (AvgIpc) is 3.51. The molecule has 1 aromatic heterocycles. The van der Waals surface area contributed by atoms with Crippen LogP contribution in [0.1, 0.15) is 46.3 Å². The molecule has 3 aromatic rings. The molecule has 2 amide bonds. The normalized spacial score (nSPS) is 17.5. The Balaban J connectivity index is 0.00000370. The third kappa shape index (κ3) is 5.23. The third-order valence-electron chi connectivity index (χ3n) is 7.13. The molecule has 2 aliphatic rings. The van der Waals surface area contributed by atoms with E-state index in [1.807, 2.05) is 22.8 Å². The predicted molar refractivity (Wildman–Crippen MR) is 141 cm³/mol. The van der Waals surface area contributed by atoms with E-state index in [0.717, 1.165) is 16.6 Å². The van der Waals surface area contributed by atoms with Crippen molar-refractivity contribution in [1.29, 1.82) is 0 Å². The molecule has 2 aromatic carbocycles. The van der Waals surface area contributed by atoms with E-state index >= 15 is 0 Å². The summed E-state index contributed by atoms with van der Waals surface area (Å²) in [7, 11) is 1.26. The number of nitrogens with one attached hydrogen (secondary N) is 2. The van der Waals surface area contributed by atoms with Crippen molar-refractivity contribution >= 4 is 28.6 Å². The molecule has 39 heavy (non-hydrogen) atoms. The molecule has 0 radical (unpaired) electrons. The summed E-state index contributed by atoms with van der Waals surface area (Å²) in [6, 6.07) is 12.0. The van der Waals surface area contributed by atoms with Crippen LogP contribution in [0.5, 0.6) is 11.5 Å². The summed E-state index contributed by atoms with van der Waals surface area (Å²) in [6.45, 7) is 6.48. The van der Waals surface area contributed by atoms with Crippen LogP contribution in [-0.4, -0.2) is 47.7 Å². The Labute approximate surface area is 225 Å². The largest absolute Gasteiger partial charge is 0.586 e. The Morgan fingerprint density at radius 1 is 1.13 bits per heavy atom. The minimum absolute atomic E-state index is 0. The van der Waals surface area contributed by atoms with Gasteiger partial charge in [0, 0.05) is 35.7 Å². The Bertz CT molecular complexity index is 1450. The number of anilines is 1. The monoisotopic (exact) mass is 545 g/mol. The zero-order valence-corrected chi connectivity index (χ0v) is 22.1. The lowest BCUT2D eigenvalue weighted by atomic mass is 9.92. The highest BCUT2D eigenvalue weighted by Crippen LogP contribution is 2.52. The summed E-state index contributed by atoms with van der Waals surface area (Å²) < 4.78 is 42.5. The summed E-state index contributed by atoms with van der Waals surface area (Å²) in [5.74, 6) is -0.374. The van der Waals surface area contributed by atoms with Gasteiger partial charge in [-0.25, -0.2) is 4.79 Å². The number of benzene rings is 2. The van der Waals surface area contributed by atoms with E-state index < -0.39 is 23.9 Å². The van der Waals surface area contributed by atoms with E-state index in [0.29, 0.717) is 24.1 Å². The topological polar surface area (TPSA) is 111 Å². The molecule has 0 saturated heterocycles. The molecule has 2 heterocycles. The van der Waals surface area contributed by atoms with E-state index in [1.54, 1.807) is 12.1 Å². The van der Waals surface area contributed by atoms with E-state index in [9.17, 15) is 23.5 Å². The van der Waals surface area contributed by atoms with Crippen LogP contribution in [-0.2, 0) is 26.9 Å². The first-order valence-electron chi connectivity index (χ1n) is 12.7. The number of alkyl halides is 2. The minimum atomic E-state index is -3.72. The number of nitrogens with zero attached hydrogens (tertiary/aromatic N) is 1. The van der Waals surface area contributed by atoms with Gasteiger partial charge in [-0.05, 0) is 54.8 Å². The van der Waals surface area contributed by atoms with Crippen molar-refractivity contribution in [2.75, 3.05) is 19.0 Å². The molecule has 1 aliphatic heterocycles. The maximum absolute atomic E-state index is 13.5. The Morgan fingerprint density at radius 2 is 1.85 bits per heavy atom. The number of hydrogen-bond donors (Lipinski definition) is 3. The first-order chi connectivity index (χ1) is 18.3. The highest BCUT2D eigenvalue weighted by molar-refractivity contribution is 6.02. The molecule has 1 fully saturated rings. The first kappa shape index (κ1) is 26.7. The summed E-state index contributed by atoms with van der Waals surface area (Å²) >= 11 is 0. The predicted octanol–water partition coefficient (Wildman–Crippen LogP) is 4.89. The molecule has 1 aliphatic carbocycles. The quantitative estimate of drug-likeness (QED) is 0.390. The van der Waals surface area contributed by atoms with Gasteiger partial charge in [0.2, 0.25) is 5.91 Å². The van der Waals surface area contributed by atoms with Gasteiger partial charge in [0.15, 0.2) is 11.5 Å². The van der Waals surface area contributed by atoms with Crippen molar-refractivity contribution in [3.05, 3.63) is 53.7 Å². The van der Waals surface area contributed by atoms with E-state index in [4.69, 9.17) is 0 Å². The molecule has 1 saturated carbocycles. The van der Waals surface area contributed by atoms with Crippen molar-refractivity contribution in [2.45, 2.75) is 63.4 Å². The number of aromatic nitrogens is 1. The number of ether oxygens (including phenoxy) is 3. The Kier molecular flexibility index (Phi) is 6.45. The average molecular weight is 546 g/mol. The highest BCUT2D eigenvalue weighted by atomic mass is 19.3. The molecule has 5 rings (SSSR count). The van der Waals surface area contributed by atoms with Gasteiger partial charge in [-0.1, -0.05) is 26.8 Å². The summed E-state index contributed by atoms with van der Waals surface area (Å²) in [6.07, 6.45) is -4.02. The van der Waals surface area contributed by atoms with E-state index in [-0.39, 0.29) is 37.3 Å². The van der Waals surface area contributed by atoms with Gasteiger partial charge in [0.05, 0.1) is 25.2 Å². The molecule has 1 unspecified atom stereocenters. The number of halogens is 2. The number of fused-ring (bicyclic) bond motifs is 2. The number of hydrogen-bond acceptors (Lipinski definition) is 6. The van der Waals surface area contributed by atoms with Gasteiger partial charge < -0.3 is 34.5 Å². The second-order valence-corrected chi connectivity index (χ2v) is 11.1. The SMILES string of the molecule is COC(=O)NCC(O)Cn1c(C(C)(C)C)cc2cc(NC(=O)C3(c4ccc5c(c4)OC(F)(F)O5)CC3)ccc21.[HH]. The molecule has 0 bridgehead atoms. The standard InChI is InChI=1S/C28H31F2N3O6.H2/c1-26(2,3)23-12-16-11-18(6-7-20(16)33(23)15-19(34)14-31-25(36)37-4)32-24(35)27(9-10-27)17-5-8-21-22(13-17)39-28(29,30)38-21;/h5-8,11-13,19,34H,9-10,14-15H2,1-4H3,(H,31,36)(H,32,35);1H. The molecular weight excluding hydrogens is 512 g/mol. The van der Waals surface area contributed by atoms with Crippen molar-refractivity contribution in [2.24, 2.45) is 0 Å². The van der Waals surface area contributed by atoms with Crippen molar-refractivity contribution in [3.63, 3.8) is 0 Å². The fourth-order valence-electron chi connectivity index (χ4n) is 4.98. The number of carbonyl (C=O) groups is 2. The van der Waals surface area contributed by atoms with Crippen LogP contribution in [0.25, 0.3) is 10.9 Å². The lowest BCUT2D eigenvalue weighted by Gasteiger charge is -2.24. The van der Waals surface area contributed by atoms with Crippen molar-refractivity contribution < 1.29 is 39.1 Å². The van der Waals surface area contributed by atoms with Gasteiger partial charge >= 0.3 is 12.4 Å². The molecular formula is C28H33F2N3O6. The van der Waals surface area contributed by atoms with Crippen LogP contribution in [0.4, 0.5) is 19.3 Å². The van der Waals surface area contributed by atoms with Crippen LogP contribution in [0.15, 0.2) is 42.5 Å². The molecule has 0 spiro atoms. The van der Waals surface area contributed by atoms with Gasteiger partial charge in [0.1, 0.15) is 0 Å². The summed E-state index contributed by atoms with van der Waals surface area (Å²) in [5, 5.41) is 16.9. The highest BCUT2D eigenvalue weighted by Gasteiger charge is 2.52. The van der Waals surface area contributed by atoms with Crippen LogP contribution in [0, 0.1) is 0 Å². The Morgan fingerprint density at radius 3 is 2.51 bits per heavy atom. The number of methoxy groups -OCH3 is 1. The maximum atomic E-state index is 13.5. The lowest BCUT2D eigenvalue weighted by Crippen LogP contribution is -2.35. The molecule has 210 valence electrons. The van der Waals surface area contributed by atoms with Crippen molar-refractivity contribution in [1.82, 2.24) is 9.88 Å². The van der Waals surface area contributed by atoms with Gasteiger partial charge in [-0.3, -0.25) is 4.79 Å².